The Bertz CT molecular complexity index is 943. The van der Waals surface area contributed by atoms with Gasteiger partial charge in [0.15, 0.2) is 11.5 Å². The number of carbonyl (C=O) groups excluding carboxylic acids is 1. The van der Waals surface area contributed by atoms with E-state index in [0.29, 0.717) is 48.8 Å². The molecule has 25 heavy (non-hydrogen) atoms. The van der Waals surface area contributed by atoms with Crippen molar-refractivity contribution in [3.8, 4) is 0 Å². The van der Waals surface area contributed by atoms with E-state index in [2.05, 4.69) is 10.1 Å². The Labute approximate surface area is 144 Å². The Hall–Kier alpha value is -2.67. The summed E-state index contributed by atoms with van der Waals surface area (Å²) in [6.07, 6.45) is 0.0646. The molecule has 0 aliphatic carbocycles. The van der Waals surface area contributed by atoms with Crippen LogP contribution in [0.25, 0.3) is 11.1 Å². The van der Waals surface area contributed by atoms with Crippen molar-refractivity contribution >= 4 is 17.0 Å². The molecule has 4 rings (SSSR count). The average molecular weight is 340 g/mol. The Morgan fingerprint density at radius 1 is 1.36 bits per heavy atom. The molecule has 130 valence electrons. The third-order valence-corrected chi connectivity index (χ3v) is 4.57. The van der Waals surface area contributed by atoms with Gasteiger partial charge in [-0.3, -0.25) is 9.48 Å². The van der Waals surface area contributed by atoms with Gasteiger partial charge in [0.2, 0.25) is 0 Å². The van der Waals surface area contributed by atoms with Gasteiger partial charge < -0.3 is 14.4 Å². The van der Waals surface area contributed by atoms with E-state index < -0.39 is 6.10 Å². The van der Waals surface area contributed by atoms with Crippen LogP contribution in [0.2, 0.25) is 0 Å². The number of aliphatic hydroxyl groups excluding tert-OH is 1. The van der Waals surface area contributed by atoms with Crippen molar-refractivity contribution in [2.45, 2.75) is 39.5 Å². The Balaban J connectivity index is 1.57. The molecule has 1 atom stereocenters. The molecule has 7 heteroatoms. The number of carbonyl (C=O) groups is 1. The van der Waals surface area contributed by atoms with Crippen molar-refractivity contribution in [2.75, 3.05) is 6.54 Å². The van der Waals surface area contributed by atoms with Gasteiger partial charge in [-0.15, -0.1) is 0 Å². The highest BCUT2D eigenvalue weighted by Gasteiger charge is 2.25. The lowest BCUT2D eigenvalue weighted by Gasteiger charge is -2.27. The molecule has 0 bridgehead atoms. The summed E-state index contributed by atoms with van der Waals surface area (Å²) in [6.45, 7) is 5.40. The molecule has 0 saturated heterocycles. The molecule has 2 aromatic heterocycles. The lowest BCUT2D eigenvalue weighted by Crippen LogP contribution is -2.38. The van der Waals surface area contributed by atoms with E-state index in [1.807, 2.05) is 23.7 Å². The Morgan fingerprint density at radius 2 is 2.20 bits per heavy atom. The molecule has 1 amide bonds. The molecule has 0 unspecified atom stereocenters. The lowest BCUT2D eigenvalue weighted by molar-refractivity contribution is 0.0705. The molecule has 0 radical (unpaired) electrons. The highest BCUT2D eigenvalue weighted by Crippen LogP contribution is 2.22. The van der Waals surface area contributed by atoms with Crippen LogP contribution in [0.1, 0.15) is 47.1 Å². The van der Waals surface area contributed by atoms with Gasteiger partial charge in [-0.25, -0.2) is 4.98 Å². The quantitative estimate of drug-likeness (QED) is 0.791. The molecular formula is C18H20N4O3. The third kappa shape index (κ3) is 2.80. The first kappa shape index (κ1) is 15.8. The first-order valence-corrected chi connectivity index (χ1v) is 8.46. The van der Waals surface area contributed by atoms with Crippen molar-refractivity contribution in [3.63, 3.8) is 0 Å². The summed E-state index contributed by atoms with van der Waals surface area (Å²) < 4.78 is 7.40. The van der Waals surface area contributed by atoms with Gasteiger partial charge in [-0.05, 0) is 30.7 Å². The van der Waals surface area contributed by atoms with Crippen LogP contribution in [0.4, 0.5) is 0 Å². The lowest BCUT2D eigenvalue weighted by atomic mass is 10.1. The Morgan fingerprint density at radius 3 is 3.00 bits per heavy atom. The summed E-state index contributed by atoms with van der Waals surface area (Å²) in [6, 6.07) is 7.22. The molecular weight excluding hydrogens is 320 g/mol. The van der Waals surface area contributed by atoms with Crippen LogP contribution in [0.3, 0.4) is 0 Å². The zero-order valence-electron chi connectivity index (χ0n) is 14.3. The number of hydrogen-bond acceptors (Lipinski definition) is 5. The van der Waals surface area contributed by atoms with Crippen molar-refractivity contribution in [2.24, 2.45) is 0 Å². The summed E-state index contributed by atoms with van der Waals surface area (Å²) in [7, 11) is 0. The van der Waals surface area contributed by atoms with Gasteiger partial charge >= 0.3 is 0 Å². The predicted octanol–water partition coefficient (Wildman–Crippen LogP) is 2.43. The van der Waals surface area contributed by atoms with Crippen molar-refractivity contribution in [3.05, 3.63) is 47.1 Å². The largest absolute Gasteiger partial charge is 0.441 e. The number of benzene rings is 1. The number of aryl methyl sites for hydroxylation is 1. The van der Waals surface area contributed by atoms with Gasteiger partial charge in [-0.1, -0.05) is 6.92 Å². The SMILES string of the molecule is CC[C@H](O)c1cc2n(n1)CCN(C(=O)c1ccc3nc(C)oc3c1)C2. The first-order valence-electron chi connectivity index (χ1n) is 8.46. The zero-order chi connectivity index (χ0) is 17.6. The number of oxazole rings is 1. The number of aliphatic hydroxyl groups is 1. The van der Waals surface area contributed by atoms with Crippen LogP contribution >= 0.6 is 0 Å². The third-order valence-electron chi connectivity index (χ3n) is 4.57. The van der Waals surface area contributed by atoms with Gasteiger partial charge in [-0.2, -0.15) is 5.10 Å². The summed E-state index contributed by atoms with van der Waals surface area (Å²) in [5.41, 5.74) is 3.58. The first-order chi connectivity index (χ1) is 12.0. The fourth-order valence-corrected chi connectivity index (χ4v) is 3.19. The van der Waals surface area contributed by atoms with E-state index in [1.54, 1.807) is 24.0 Å². The number of hydrogen-bond donors (Lipinski definition) is 1. The van der Waals surface area contributed by atoms with Crippen LogP contribution in [0.15, 0.2) is 28.7 Å². The number of aromatic nitrogens is 3. The van der Waals surface area contributed by atoms with E-state index in [9.17, 15) is 9.90 Å². The van der Waals surface area contributed by atoms with Crippen LogP contribution in [0.5, 0.6) is 0 Å². The van der Waals surface area contributed by atoms with Crippen molar-refractivity contribution in [1.82, 2.24) is 19.7 Å². The smallest absolute Gasteiger partial charge is 0.254 e. The summed E-state index contributed by atoms with van der Waals surface area (Å²) >= 11 is 0. The standard InChI is InChI=1S/C18H20N4O3/c1-3-16(23)15-9-13-10-21(6-7-22(13)20-15)18(24)12-4-5-14-17(8-12)25-11(2)19-14/h4-5,8-9,16,23H,3,6-7,10H2,1-2H3/t16-/m0/s1. The number of amides is 1. The van der Waals surface area contributed by atoms with E-state index in [0.717, 1.165) is 11.2 Å². The predicted molar refractivity (Wildman–Crippen MR) is 91.0 cm³/mol. The second-order valence-electron chi connectivity index (χ2n) is 6.35. The van der Waals surface area contributed by atoms with Crippen LogP contribution in [0, 0.1) is 6.92 Å². The molecule has 0 saturated carbocycles. The minimum Gasteiger partial charge on any atom is -0.441 e. The minimum absolute atomic E-state index is 0.0407. The minimum atomic E-state index is -0.556. The fourth-order valence-electron chi connectivity index (χ4n) is 3.19. The maximum Gasteiger partial charge on any atom is 0.254 e. The molecule has 1 N–H and O–H groups in total. The monoisotopic (exact) mass is 340 g/mol. The number of rotatable bonds is 3. The average Bonchev–Trinajstić information content (AvgIpc) is 3.21. The molecule has 3 heterocycles. The summed E-state index contributed by atoms with van der Waals surface area (Å²) in [5.74, 6) is 0.546. The summed E-state index contributed by atoms with van der Waals surface area (Å²) in [4.78, 5) is 18.9. The van der Waals surface area contributed by atoms with Crippen LogP contribution in [-0.4, -0.2) is 37.2 Å². The maximum atomic E-state index is 12.8. The van der Waals surface area contributed by atoms with E-state index >= 15 is 0 Å². The molecule has 3 aromatic rings. The maximum absolute atomic E-state index is 12.8. The molecule has 0 fully saturated rings. The topological polar surface area (TPSA) is 84.4 Å². The van der Waals surface area contributed by atoms with E-state index in [-0.39, 0.29) is 5.91 Å². The van der Waals surface area contributed by atoms with Crippen molar-refractivity contribution in [1.29, 1.82) is 0 Å². The normalized spacial score (nSPS) is 15.4. The number of fused-ring (bicyclic) bond motifs is 2. The molecule has 1 aromatic carbocycles. The van der Waals surface area contributed by atoms with Crippen LogP contribution in [-0.2, 0) is 13.1 Å². The van der Waals surface area contributed by atoms with Crippen molar-refractivity contribution < 1.29 is 14.3 Å². The highest BCUT2D eigenvalue weighted by atomic mass is 16.3. The van der Waals surface area contributed by atoms with Gasteiger partial charge in [0, 0.05) is 19.0 Å². The molecule has 7 nitrogen and oxygen atoms in total. The fraction of sp³-hybridized carbons (Fsp3) is 0.389. The van der Waals surface area contributed by atoms with E-state index in [4.69, 9.17) is 4.42 Å². The zero-order valence-corrected chi connectivity index (χ0v) is 14.3. The highest BCUT2D eigenvalue weighted by molar-refractivity contribution is 5.97. The summed E-state index contributed by atoms with van der Waals surface area (Å²) in [5, 5.41) is 14.4. The van der Waals surface area contributed by atoms with E-state index in [1.165, 1.54) is 0 Å². The second-order valence-corrected chi connectivity index (χ2v) is 6.35. The van der Waals surface area contributed by atoms with Gasteiger partial charge in [0.05, 0.1) is 30.6 Å². The second kappa shape index (κ2) is 6.00. The molecule has 1 aliphatic heterocycles. The van der Waals surface area contributed by atoms with Gasteiger partial charge in [0.1, 0.15) is 5.52 Å². The van der Waals surface area contributed by atoms with Crippen LogP contribution < -0.4 is 0 Å². The molecule has 1 aliphatic rings. The molecule has 0 spiro atoms. The van der Waals surface area contributed by atoms with Gasteiger partial charge in [0.25, 0.3) is 5.91 Å². The number of nitrogens with zero attached hydrogens (tertiary/aromatic N) is 4. The Kier molecular flexibility index (Phi) is 3.80.